The Balaban J connectivity index is 3.04. The summed E-state index contributed by atoms with van der Waals surface area (Å²) in [5.41, 5.74) is 0.714. The minimum Gasteiger partial charge on any atom is -0.421 e. The van der Waals surface area contributed by atoms with Crippen LogP contribution in [0.15, 0.2) is 11.6 Å². The van der Waals surface area contributed by atoms with Gasteiger partial charge >= 0.3 is 11.9 Å². The molecule has 0 aromatic carbocycles. The zero-order valence-corrected chi connectivity index (χ0v) is 11.3. The van der Waals surface area contributed by atoms with Gasteiger partial charge in [-0.3, -0.25) is 9.59 Å². The number of hydrogen-bond donors (Lipinski definition) is 0. The van der Waals surface area contributed by atoms with Crippen molar-refractivity contribution in [2.24, 2.45) is 11.3 Å². The van der Waals surface area contributed by atoms with E-state index in [1.54, 1.807) is 0 Å². The predicted octanol–water partition coefficient (Wildman–Crippen LogP) is 2.43. The molecule has 17 heavy (non-hydrogen) atoms. The van der Waals surface area contributed by atoms with Crippen LogP contribution in [-0.2, 0) is 19.1 Å². The van der Waals surface area contributed by atoms with Crippen LogP contribution in [0.25, 0.3) is 0 Å². The van der Waals surface area contributed by atoms with Crippen LogP contribution < -0.4 is 0 Å². The summed E-state index contributed by atoms with van der Waals surface area (Å²) in [6, 6.07) is 0. The van der Waals surface area contributed by atoms with E-state index in [0.29, 0.717) is 0 Å². The number of ether oxygens (including phenoxy) is 2. The second-order valence-electron chi connectivity index (χ2n) is 5.30. The highest BCUT2D eigenvalue weighted by molar-refractivity contribution is 5.70. The number of carbonyl (C=O) groups excluding carboxylic acids is 2. The predicted molar refractivity (Wildman–Crippen MR) is 63.0 cm³/mol. The summed E-state index contributed by atoms with van der Waals surface area (Å²) in [6.07, 6.45) is 1.98. The molecule has 1 rings (SSSR count). The van der Waals surface area contributed by atoms with Gasteiger partial charge in [0.15, 0.2) is 0 Å². The Bertz CT molecular complexity index is 359. The fraction of sp³-hybridized carbons (Fsp3) is 0.692. The van der Waals surface area contributed by atoms with Gasteiger partial charge in [-0.2, -0.15) is 0 Å². The van der Waals surface area contributed by atoms with Crippen molar-refractivity contribution in [3.63, 3.8) is 0 Å². The summed E-state index contributed by atoms with van der Waals surface area (Å²) in [5, 5.41) is 0. The molecule has 0 aliphatic heterocycles. The average Bonchev–Trinajstić information content (AvgIpc) is 2.47. The Kier molecular flexibility index (Phi) is 3.37. The largest absolute Gasteiger partial charge is 0.421 e. The first-order valence-corrected chi connectivity index (χ1v) is 5.67. The van der Waals surface area contributed by atoms with Crippen LogP contribution in [0.1, 0.15) is 41.5 Å². The summed E-state index contributed by atoms with van der Waals surface area (Å²) in [4.78, 5) is 22.3. The first kappa shape index (κ1) is 13.7. The molecule has 0 aromatic heterocycles. The lowest BCUT2D eigenvalue weighted by atomic mass is 10.1. The van der Waals surface area contributed by atoms with Crippen molar-refractivity contribution in [1.82, 2.24) is 0 Å². The zero-order valence-electron chi connectivity index (χ0n) is 11.3. The molecule has 1 saturated carbocycles. The monoisotopic (exact) mass is 240 g/mol. The molecule has 0 bridgehead atoms. The lowest BCUT2D eigenvalue weighted by Crippen LogP contribution is -2.30. The molecule has 0 aromatic rings. The Morgan fingerprint density at radius 2 is 1.41 bits per heavy atom. The molecule has 4 nitrogen and oxygen atoms in total. The molecule has 1 aliphatic rings. The van der Waals surface area contributed by atoms with Gasteiger partial charge in [-0.25, -0.2) is 0 Å². The summed E-state index contributed by atoms with van der Waals surface area (Å²) >= 11 is 0. The first-order chi connectivity index (χ1) is 7.63. The molecule has 1 fully saturated rings. The van der Waals surface area contributed by atoms with Gasteiger partial charge in [0.25, 0.3) is 5.79 Å². The molecule has 0 spiro atoms. The molecule has 0 amide bonds. The highest BCUT2D eigenvalue weighted by Gasteiger charge is 2.77. The van der Waals surface area contributed by atoms with Crippen molar-refractivity contribution in [2.75, 3.05) is 0 Å². The fourth-order valence-corrected chi connectivity index (χ4v) is 2.21. The second-order valence-corrected chi connectivity index (χ2v) is 5.30. The summed E-state index contributed by atoms with van der Waals surface area (Å²) < 4.78 is 10.5. The molecule has 0 heterocycles. The lowest BCUT2D eigenvalue weighted by Gasteiger charge is -2.19. The molecule has 1 unspecified atom stereocenters. The van der Waals surface area contributed by atoms with Crippen LogP contribution in [0.3, 0.4) is 0 Å². The Hall–Kier alpha value is -1.32. The number of rotatable bonds is 3. The number of carbonyl (C=O) groups is 2. The molecule has 0 N–H and O–H groups in total. The van der Waals surface area contributed by atoms with Gasteiger partial charge in [0, 0.05) is 13.8 Å². The van der Waals surface area contributed by atoms with Crippen molar-refractivity contribution in [3.8, 4) is 0 Å². The Morgan fingerprint density at radius 3 is 1.71 bits per heavy atom. The first-order valence-electron chi connectivity index (χ1n) is 5.67. The maximum Gasteiger partial charge on any atom is 0.305 e. The van der Waals surface area contributed by atoms with Crippen molar-refractivity contribution in [2.45, 2.75) is 47.3 Å². The van der Waals surface area contributed by atoms with E-state index in [-0.39, 0.29) is 11.3 Å². The Morgan fingerprint density at radius 1 is 1.00 bits per heavy atom. The van der Waals surface area contributed by atoms with Gasteiger partial charge in [-0.05, 0) is 13.8 Å². The molecular formula is C13H20O4. The van der Waals surface area contributed by atoms with E-state index in [4.69, 9.17) is 9.47 Å². The third-order valence-corrected chi connectivity index (χ3v) is 3.09. The van der Waals surface area contributed by atoms with Gasteiger partial charge in [0.1, 0.15) is 0 Å². The minimum atomic E-state index is -1.14. The molecule has 4 heteroatoms. The van der Waals surface area contributed by atoms with E-state index in [9.17, 15) is 9.59 Å². The zero-order chi connectivity index (χ0) is 13.4. The van der Waals surface area contributed by atoms with Crippen LogP contribution in [0.4, 0.5) is 0 Å². The van der Waals surface area contributed by atoms with Crippen LogP contribution in [0.5, 0.6) is 0 Å². The number of esters is 2. The fourth-order valence-electron chi connectivity index (χ4n) is 2.21. The maximum atomic E-state index is 11.2. The van der Waals surface area contributed by atoms with Gasteiger partial charge in [-0.15, -0.1) is 0 Å². The highest BCUT2D eigenvalue weighted by Crippen LogP contribution is 2.65. The maximum absolute atomic E-state index is 11.2. The van der Waals surface area contributed by atoms with Crippen LogP contribution >= 0.6 is 0 Å². The highest BCUT2D eigenvalue weighted by atomic mass is 16.7. The van der Waals surface area contributed by atoms with E-state index in [1.807, 2.05) is 33.8 Å². The summed E-state index contributed by atoms with van der Waals surface area (Å²) in [5.74, 6) is -2.11. The van der Waals surface area contributed by atoms with Crippen molar-refractivity contribution in [1.29, 1.82) is 0 Å². The molecule has 0 saturated heterocycles. The van der Waals surface area contributed by atoms with Crippen LogP contribution in [0, 0.1) is 11.3 Å². The van der Waals surface area contributed by atoms with Gasteiger partial charge < -0.3 is 9.47 Å². The Labute approximate surface area is 102 Å². The second kappa shape index (κ2) is 4.17. The van der Waals surface area contributed by atoms with Crippen molar-refractivity contribution < 1.29 is 19.1 Å². The molecule has 0 radical (unpaired) electrons. The van der Waals surface area contributed by atoms with Crippen molar-refractivity contribution in [3.05, 3.63) is 11.6 Å². The average molecular weight is 240 g/mol. The summed E-state index contributed by atoms with van der Waals surface area (Å²) in [7, 11) is 0. The SMILES string of the molecule is CC(=O)OC1(OC(C)=O)C(C=C(C)C)C1(C)C. The topological polar surface area (TPSA) is 52.6 Å². The van der Waals surface area contributed by atoms with Crippen LogP contribution in [0.2, 0.25) is 0 Å². The molecule has 1 atom stereocenters. The van der Waals surface area contributed by atoms with E-state index in [0.717, 1.165) is 5.57 Å². The van der Waals surface area contributed by atoms with Crippen LogP contribution in [-0.4, -0.2) is 17.7 Å². The normalized spacial score (nSPS) is 23.5. The number of hydrogen-bond acceptors (Lipinski definition) is 4. The quantitative estimate of drug-likeness (QED) is 0.432. The van der Waals surface area contributed by atoms with Gasteiger partial charge in [0.05, 0.1) is 11.3 Å². The number of allylic oxidation sites excluding steroid dienone is 1. The van der Waals surface area contributed by atoms with E-state index in [2.05, 4.69) is 0 Å². The smallest absolute Gasteiger partial charge is 0.305 e. The summed E-state index contributed by atoms with van der Waals surface area (Å²) in [6.45, 7) is 10.4. The third-order valence-electron chi connectivity index (χ3n) is 3.09. The molecule has 96 valence electrons. The molecule has 1 aliphatic carbocycles. The molecular weight excluding hydrogens is 220 g/mol. The standard InChI is InChI=1S/C13H20O4/c1-8(2)7-11-12(5,6)13(11,16-9(3)14)17-10(4)15/h7,11H,1-6H3. The van der Waals surface area contributed by atoms with Gasteiger partial charge in [-0.1, -0.05) is 25.5 Å². The third kappa shape index (κ3) is 2.35. The van der Waals surface area contributed by atoms with Crippen molar-refractivity contribution >= 4 is 11.9 Å². The van der Waals surface area contributed by atoms with E-state index in [1.165, 1.54) is 13.8 Å². The van der Waals surface area contributed by atoms with E-state index >= 15 is 0 Å². The minimum absolute atomic E-state index is 0.0900. The van der Waals surface area contributed by atoms with E-state index < -0.39 is 17.7 Å². The van der Waals surface area contributed by atoms with Gasteiger partial charge in [0.2, 0.25) is 0 Å². The lowest BCUT2D eigenvalue weighted by molar-refractivity contribution is -0.203.